The van der Waals surface area contributed by atoms with Crippen LogP contribution in [0.5, 0.6) is 0 Å². The molecule has 0 spiro atoms. The van der Waals surface area contributed by atoms with E-state index in [4.69, 9.17) is 5.11 Å². The van der Waals surface area contributed by atoms with Gasteiger partial charge in [-0.15, -0.1) is 0 Å². The van der Waals surface area contributed by atoms with Crippen molar-refractivity contribution < 1.29 is 24.8 Å². The topological polar surface area (TPSA) is 100 Å². The minimum Gasteiger partial charge on any atom is -0.396 e. The van der Waals surface area contributed by atoms with Crippen molar-refractivity contribution in [2.45, 2.75) is 6.42 Å². The molecule has 0 aliphatic heterocycles. The molecule has 0 fully saturated rings. The molecule has 6 nitrogen and oxygen atoms in total. The summed E-state index contributed by atoms with van der Waals surface area (Å²) in [6.07, 6.45) is 0.609. The van der Waals surface area contributed by atoms with E-state index in [0.29, 0.717) is 35.3 Å². The standard InChI is InChI=1S/C19H18N2O4/c22-10-4-9-20-11-16(23)21-15-8-3-7-14-17(15)19(25)13-6-2-1-5-12(13)18(14)24/h1-3,5-8,20,22H,4,9-11H2,(H,21,23)/p+1. The Morgan fingerprint density at radius 3 is 2.36 bits per heavy atom. The van der Waals surface area contributed by atoms with Crippen molar-refractivity contribution in [2.75, 3.05) is 25.0 Å². The molecule has 3 rings (SSSR count). The molecule has 4 N–H and O–H groups in total. The Balaban J connectivity index is 1.86. The first-order valence-corrected chi connectivity index (χ1v) is 8.17. The van der Waals surface area contributed by atoms with Crippen molar-refractivity contribution in [2.24, 2.45) is 0 Å². The molecule has 0 saturated carbocycles. The number of ketones is 2. The number of carbonyl (C=O) groups is 3. The molecule has 0 radical (unpaired) electrons. The van der Waals surface area contributed by atoms with Crippen molar-refractivity contribution in [3.8, 4) is 0 Å². The van der Waals surface area contributed by atoms with E-state index < -0.39 is 0 Å². The third-order valence-corrected chi connectivity index (χ3v) is 4.12. The summed E-state index contributed by atoms with van der Waals surface area (Å²) in [4.78, 5) is 37.6. The van der Waals surface area contributed by atoms with E-state index in [9.17, 15) is 14.4 Å². The highest BCUT2D eigenvalue weighted by molar-refractivity contribution is 6.30. The number of carbonyl (C=O) groups excluding carboxylic acids is 3. The van der Waals surface area contributed by atoms with Gasteiger partial charge in [-0.2, -0.15) is 0 Å². The van der Waals surface area contributed by atoms with E-state index >= 15 is 0 Å². The first-order chi connectivity index (χ1) is 12.1. The molecular weight excluding hydrogens is 320 g/mol. The molecule has 0 heterocycles. The molecule has 0 bridgehead atoms. The summed E-state index contributed by atoms with van der Waals surface area (Å²) < 4.78 is 0. The lowest BCUT2D eigenvalue weighted by Gasteiger charge is -2.20. The molecule has 2 aromatic carbocycles. The number of quaternary nitrogens is 1. The molecular formula is C19H19N2O4+. The third-order valence-electron chi connectivity index (χ3n) is 4.12. The van der Waals surface area contributed by atoms with Crippen LogP contribution in [0.2, 0.25) is 0 Å². The average molecular weight is 339 g/mol. The molecule has 0 atom stereocenters. The number of hydrogen-bond donors (Lipinski definition) is 3. The highest BCUT2D eigenvalue weighted by Gasteiger charge is 2.31. The van der Waals surface area contributed by atoms with Crippen molar-refractivity contribution in [3.05, 3.63) is 64.7 Å². The number of benzene rings is 2. The zero-order valence-corrected chi connectivity index (χ0v) is 13.6. The number of fused-ring (bicyclic) bond motifs is 2. The van der Waals surface area contributed by atoms with Gasteiger partial charge in [-0.25, -0.2) is 0 Å². The first-order valence-electron chi connectivity index (χ1n) is 8.17. The van der Waals surface area contributed by atoms with Crippen molar-refractivity contribution in [1.29, 1.82) is 0 Å². The van der Waals surface area contributed by atoms with Gasteiger partial charge in [0.2, 0.25) is 0 Å². The fourth-order valence-corrected chi connectivity index (χ4v) is 2.92. The van der Waals surface area contributed by atoms with Crippen LogP contribution in [0, 0.1) is 0 Å². The summed E-state index contributed by atoms with van der Waals surface area (Å²) in [5.74, 6) is -0.730. The number of nitrogens with one attached hydrogen (secondary N) is 1. The fourth-order valence-electron chi connectivity index (χ4n) is 2.92. The van der Waals surface area contributed by atoms with Gasteiger partial charge in [-0.3, -0.25) is 14.4 Å². The lowest BCUT2D eigenvalue weighted by atomic mass is 9.83. The Morgan fingerprint density at radius 1 is 0.960 bits per heavy atom. The number of aliphatic hydroxyl groups excluding tert-OH is 1. The Hall–Kier alpha value is -2.83. The second-order valence-corrected chi connectivity index (χ2v) is 5.84. The third kappa shape index (κ3) is 3.35. The van der Waals surface area contributed by atoms with Crippen molar-refractivity contribution in [1.82, 2.24) is 0 Å². The van der Waals surface area contributed by atoms with Crippen LogP contribution in [0.1, 0.15) is 38.3 Å². The molecule has 1 aliphatic rings. The van der Waals surface area contributed by atoms with Gasteiger partial charge in [0.05, 0.1) is 17.8 Å². The predicted octanol–water partition coefficient (Wildman–Crippen LogP) is 0.346. The normalized spacial score (nSPS) is 12.5. The van der Waals surface area contributed by atoms with Crippen LogP contribution < -0.4 is 10.6 Å². The van der Waals surface area contributed by atoms with E-state index in [1.165, 1.54) is 0 Å². The maximum Gasteiger partial charge on any atom is 0.279 e. The molecule has 128 valence electrons. The summed E-state index contributed by atoms with van der Waals surface area (Å²) >= 11 is 0. The zero-order valence-electron chi connectivity index (χ0n) is 13.6. The largest absolute Gasteiger partial charge is 0.396 e. The maximum absolute atomic E-state index is 12.8. The first kappa shape index (κ1) is 17.0. The summed E-state index contributed by atoms with van der Waals surface area (Å²) in [6, 6.07) is 11.6. The van der Waals surface area contributed by atoms with Crippen LogP contribution in [-0.2, 0) is 4.79 Å². The molecule has 0 saturated heterocycles. The van der Waals surface area contributed by atoms with Gasteiger partial charge < -0.3 is 15.7 Å². The Labute approximate surface area is 144 Å². The monoisotopic (exact) mass is 339 g/mol. The molecule has 25 heavy (non-hydrogen) atoms. The van der Waals surface area contributed by atoms with E-state index in [-0.39, 0.29) is 36.2 Å². The Bertz CT molecular complexity index is 845. The second-order valence-electron chi connectivity index (χ2n) is 5.84. The molecule has 2 aromatic rings. The highest BCUT2D eigenvalue weighted by Crippen LogP contribution is 2.31. The van der Waals surface area contributed by atoms with E-state index in [2.05, 4.69) is 5.32 Å². The van der Waals surface area contributed by atoms with E-state index in [1.54, 1.807) is 47.8 Å². The van der Waals surface area contributed by atoms with Gasteiger partial charge in [0.1, 0.15) is 0 Å². The van der Waals surface area contributed by atoms with Gasteiger partial charge in [0.25, 0.3) is 5.91 Å². The number of hydrogen-bond acceptors (Lipinski definition) is 4. The van der Waals surface area contributed by atoms with Gasteiger partial charge in [0, 0.05) is 29.7 Å². The Morgan fingerprint density at radius 2 is 1.64 bits per heavy atom. The fraction of sp³-hybridized carbons (Fsp3) is 0.211. The number of rotatable bonds is 6. The minimum absolute atomic E-state index is 0.0837. The van der Waals surface area contributed by atoms with Crippen LogP contribution in [0.3, 0.4) is 0 Å². The summed E-state index contributed by atoms with van der Waals surface area (Å²) in [6.45, 7) is 0.907. The summed E-state index contributed by atoms with van der Waals surface area (Å²) in [5, 5.41) is 13.2. The molecule has 0 aromatic heterocycles. The van der Waals surface area contributed by atoms with E-state index in [1.807, 2.05) is 0 Å². The van der Waals surface area contributed by atoms with Gasteiger partial charge >= 0.3 is 0 Å². The van der Waals surface area contributed by atoms with Crippen LogP contribution >= 0.6 is 0 Å². The van der Waals surface area contributed by atoms with Crippen LogP contribution in [-0.4, -0.2) is 42.3 Å². The van der Waals surface area contributed by atoms with Crippen molar-refractivity contribution >= 4 is 23.2 Å². The van der Waals surface area contributed by atoms with Crippen LogP contribution in [0.25, 0.3) is 0 Å². The van der Waals surface area contributed by atoms with E-state index in [0.717, 1.165) is 0 Å². The smallest absolute Gasteiger partial charge is 0.279 e. The zero-order chi connectivity index (χ0) is 17.8. The quantitative estimate of drug-likeness (QED) is 0.564. The van der Waals surface area contributed by atoms with Gasteiger partial charge in [-0.1, -0.05) is 36.4 Å². The average Bonchev–Trinajstić information content (AvgIpc) is 2.63. The van der Waals surface area contributed by atoms with Crippen LogP contribution in [0.4, 0.5) is 5.69 Å². The number of aliphatic hydroxyl groups is 1. The molecule has 1 aliphatic carbocycles. The van der Waals surface area contributed by atoms with Crippen LogP contribution in [0.15, 0.2) is 42.5 Å². The van der Waals surface area contributed by atoms with Gasteiger partial charge in [-0.05, 0) is 6.07 Å². The van der Waals surface area contributed by atoms with Crippen molar-refractivity contribution in [3.63, 3.8) is 0 Å². The maximum atomic E-state index is 12.8. The lowest BCUT2D eigenvalue weighted by molar-refractivity contribution is -0.644. The number of amides is 1. The Kier molecular flexibility index (Phi) is 5.02. The minimum atomic E-state index is -0.259. The number of nitrogens with two attached hydrogens (primary N) is 1. The van der Waals surface area contributed by atoms with Gasteiger partial charge in [0.15, 0.2) is 18.1 Å². The molecule has 0 unspecified atom stereocenters. The number of anilines is 1. The summed E-state index contributed by atoms with van der Waals surface area (Å²) in [5.41, 5.74) is 1.66. The SMILES string of the molecule is O=C(C[NH2+]CCCO)Nc1cccc2c1C(=O)c1ccccc1C2=O. The predicted molar refractivity (Wildman–Crippen MR) is 91.7 cm³/mol. The molecule has 6 heteroatoms. The molecule has 1 amide bonds. The second kappa shape index (κ2) is 7.38. The summed E-state index contributed by atoms with van der Waals surface area (Å²) in [7, 11) is 0. The lowest BCUT2D eigenvalue weighted by Crippen LogP contribution is -2.86. The highest BCUT2D eigenvalue weighted by atomic mass is 16.3.